The maximum atomic E-state index is 13.9. The smallest absolute Gasteiger partial charge is 0.126 e. The highest BCUT2D eigenvalue weighted by atomic mass is 19.1. The number of allylic oxidation sites excluding steroid dienone is 6. The molecule has 0 radical (unpaired) electrons. The van der Waals surface area contributed by atoms with Crippen LogP contribution in [-0.2, 0) is 6.54 Å². The number of aromatic nitrogens is 4. The van der Waals surface area contributed by atoms with Crippen molar-refractivity contribution >= 4 is 11.5 Å². The standard InChI is InChI=1S/C22H20FN5/c1-16-11-21(28(27-16)20-7-3-2-6-19(23)13-20)18-8-10-25-22(12-18)26-15-17-5-4-9-24-14-17/h2-6,8-14H,7,15H2,1H3,(H,25,26). The molecule has 1 aliphatic rings. The summed E-state index contributed by atoms with van der Waals surface area (Å²) in [6.45, 7) is 2.57. The number of aryl methyl sites for hydroxylation is 1. The topological polar surface area (TPSA) is 55.6 Å². The van der Waals surface area contributed by atoms with Crippen LogP contribution in [0.1, 0.15) is 17.7 Å². The molecule has 0 fully saturated rings. The van der Waals surface area contributed by atoms with Gasteiger partial charge >= 0.3 is 0 Å². The van der Waals surface area contributed by atoms with Gasteiger partial charge in [-0.05, 0) is 48.9 Å². The second-order valence-corrected chi connectivity index (χ2v) is 6.55. The molecule has 0 aromatic carbocycles. The van der Waals surface area contributed by atoms with Gasteiger partial charge < -0.3 is 5.32 Å². The largest absolute Gasteiger partial charge is 0.366 e. The van der Waals surface area contributed by atoms with Gasteiger partial charge in [0.15, 0.2) is 0 Å². The lowest BCUT2D eigenvalue weighted by molar-refractivity contribution is 0.666. The molecular weight excluding hydrogens is 353 g/mol. The van der Waals surface area contributed by atoms with Crippen LogP contribution < -0.4 is 5.32 Å². The summed E-state index contributed by atoms with van der Waals surface area (Å²) in [5.41, 5.74) is 4.59. The molecule has 4 rings (SSSR count). The minimum absolute atomic E-state index is 0.281. The Morgan fingerprint density at radius 3 is 3.00 bits per heavy atom. The number of nitrogens with zero attached hydrogens (tertiary/aromatic N) is 4. The summed E-state index contributed by atoms with van der Waals surface area (Å²) in [5.74, 6) is 0.476. The van der Waals surface area contributed by atoms with Gasteiger partial charge in [-0.2, -0.15) is 5.10 Å². The van der Waals surface area contributed by atoms with Crippen LogP contribution in [0.5, 0.6) is 0 Å². The van der Waals surface area contributed by atoms with Crippen molar-refractivity contribution in [3.05, 3.63) is 90.3 Å². The Bertz CT molecular complexity index is 1060. The van der Waals surface area contributed by atoms with Crippen LogP contribution in [0.2, 0.25) is 0 Å². The molecule has 0 saturated heterocycles. The molecule has 0 atom stereocenters. The Balaban J connectivity index is 1.63. The van der Waals surface area contributed by atoms with E-state index < -0.39 is 0 Å². The molecule has 140 valence electrons. The summed E-state index contributed by atoms with van der Waals surface area (Å²) in [6.07, 6.45) is 12.6. The van der Waals surface area contributed by atoms with E-state index in [-0.39, 0.29) is 5.83 Å². The number of nitrogens with one attached hydrogen (secondary N) is 1. The van der Waals surface area contributed by atoms with E-state index in [4.69, 9.17) is 0 Å². The molecule has 0 aliphatic heterocycles. The van der Waals surface area contributed by atoms with Crippen LogP contribution >= 0.6 is 0 Å². The molecule has 0 spiro atoms. The summed E-state index contributed by atoms with van der Waals surface area (Å²) < 4.78 is 15.7. The van der Waals surface area contributed by atoms with Crippen molar-refractivity contribution in [1.82, 2.24) is 19.7 Å². The minimum Gasteiger partial charge on any atom is -0.366 e. The highest BCUT2D eigenvalue weighted by Gasteiger charge is 2.13. The minimum atomic E-state index is -0.281. The van der Waals surface area contributed by atoms with Crippen molar-refractivity contribution in [2.75, 3.05) is 5.32 Å². The van der Waals surface area contributed by atoms with Gasteiger partial charge in [-0.15, -0.1) is 0 Å². The number of rotatable bonds is 5. The van der Waals surface area contributed by atoms with Gasteiger partial charge in [0.1, 0.15) is 11.6 Å². The van der Waals surface area contributed by atoms with E-state index in [1.54, 1.807) is 23.2 Å². The van der Waals surface area contributed by atoms with E-state index in [2.05, 4.69) is 20.4 Å². The molecular formula is C22H20FN5. The maximum absolute atomic E-state index is 13.9. The molecule has 1 N–H and O–H groups in total. The predicted octanol–water partition coefficient (Wildman–Crippen LogP) is 4.91. The quantitative estimate of drug-likeness (QED) is 0.690. The molecule has 6 heteroatoms. The number of pyridine rings is 2. The first kappa shape index (κ1) is 17.9. The molecule has 0 bridgehead atoms. The molecule has 1 aliphatic carbocycles. The first-order valence-corrected chi connectivity index (χ1v) is 9.08. The fourth-order valence-electron chi connectivity index (χ4n) is 3.07. The molecule has 3 heterocycles. The average molecular weight is 373 g/mol. The molecule has 0 amide bonds. The van der Waals surface area contributed by atoms with Crippen molar-refractivity contribution in [2.24, 2.45) is 0 Å². The normalized spacial score (nSPS) is 13.6. The molecule has 3 aromatic rings. The molecule has 0 unspecified atom stereocenters. The summed E-state index contributed by atoms with van der Waals surface area (Å²) in [4.78, 5) is 8.52. The summed E-state index contributed by atoms with van der Waals surface area (Å²) >= 11 is 0. The Labute approximate surface area is 163 Å². The van der Waals surface area contributed by atoms with Gasteiger partial charge in [0.05, 0.1) is 11.4 Å². The highest BCUT2D eigenvalue weighted by Crippen LogP contribution is 2.28. The third-order valence-corrected chi connectivity index (χ3v) is 4.38. The third kappa shape index (κ3) is 4.06. The highest BCUT2D eigenvalue weighted by molar-refractivity contribution is 5.69. The first-order chi connectivity index (χ1) is 13.7. The van der Waals surface area contributed by atoms with Crippen LogP contribution in [0.25, 0.3) is 17.0 Å². The van der Waals surface area contributed by atoms with E-state index >= 15 is 0 Å². The molecule has 0 saturated carbocycles. The van der Waals surface area contributed by atoms with E-state index in [1.807, 2.05) is 49.5 Å². The fourth-order valence-corrected chi connectivity index (χ4v) is 3.07. The van der Waals surface area contributed by atoms with Gasteiger partial charge in [-0.3, -0.25) is 4.98 Å². The monoisotopic (exact) mass is 373 g/mol. The zero-order chi connectivity index (χ0) is 19.3. The predicted molar refractivity (Wildman–Crippen MR) is 109 cm³/mol. The van der Waals surface area contributed by atoms with Gasteiger partial charge in [-0.25, -0.2) is 14.1 Å². The van der Waals surface area contributed by atoms with E-state index in [0.717, 1.165) is 34.0 Å². The number of hydrogen-bond acceptors (Lipinski definition) is 4. The Morgan fingerprint density at radius 2 is 2.14 bits per heavy atom. The van der Waals surface area contributed by atoms with E-state index in [9.17, 15) is 4.39 Å². The van der Waals surface area contributed by atoms with Gasteiger partial charge in [0, 0.05) is 42.8 Å². The van der Waals surface area contributed by atoms with Crippen molar-refractivity contribution in [3.63, 3.8) is 0 Å². The fraction of sp³-hybridized carbons (Fsp3) is 0.136. The Kier molecular flexibility index (Phi) is 5.10. The lowest BCUT2D eigenvalue weighted by atomic mass is 10.1. The van der Waals surface area contributed by atoms with Crippen molar-refractivity contribution < 1.29 is 4.39 Å². The molecule has 28 heavy (non-hydrogen) atoms. The summed E-state index contributed by atoms with van der Waals surface area (Å²) in [6, 6.07) is 9.82. The van der Waals surface area contributed by atoms with Crippen LogP contribution in [0.15, 0.2) is 79.1 Å². The van der Waals surface area contributed by atoms with Gasteiger partial charge in [0.25, 0.3) is 0 Å². The third-order valence-electron chi connectivity index (χ3n) is 4.38. The molecule has 3 aromatic heterocycles. The summed E-state index contributed by atoms with van der Waals surface area (Å²) in [5, 5.41) is 7.90. The average Bonchev–Trinajstić information content (AvgIpc) is 2.98. The SMILES string of the molecule is Cc1cc(-c2ccnc(NCc3cccnc3)c2)n(C2=CC(F)=CC=CC2)n1. The van der Waals surface area contributed by atoms with Crippen molar-refractivity contribution in [3.8, 4) is 11.3 Å². The van der Waals surface area contributed by atoms with Crippen LogP contribution in [0, 0.1) is 6.92 Å². The van der Waals surface area contributed by atoms with Gasteiger partial charge in [-0.1, -0.05) is 18.2 Å². The lowest BCUT2D eigenvalue weighted by Gasteiger charge is -2.11. The van der Waals surface area contributed by atoms with Crippen LogP contribution in [-0.4, -0.2) is 19.7 Å². The van der Waals surface area contributed by atoms with Crippen molar-refractivity contribution in [1.29, 1.82) is 0 Å². The van der Waals surface area contributed by atoms with E-state index in [1.165, 1.54) is 12.2 Å². The first-order valence-electron chi connectivity index (χ1n) is 9.08. The van der Waals surface area contributed by atoms with E-state index in [0.29, 0.717) is 13.0 Å². The lowest BCUT2D eigenvalue weighted by Crippen LogP contribution is -2.04. The van der Waals surface area contributed by atoms with Crippen LogP contribution in [0.4, 0.5) is 10.2 Å². The Morgan fingerprint density at radius 1 is 1.21 bits per heavy atom. The van der Waals surface area contributed by atoms with Crippen LogP contribution in [0.3, 0.4) is 0 Å². The van der Waals surface area contributed by atoms with Crippen molar-refractivity contribution in [2.45, 2.75) is 19.9 Å². The maximum Gasteiger partial charge on any atom is 0.126 e. The Hall–Kier alpha value is -3.54. The molecule has 5 nitrogen and oxygen atoms in total. The number of anilines is 1. The summed E-state index contributed by atoms with van der Waals surface area (Å²) in [7, 11) is 0. The number of halogens is 1. The van der Waals surface area contributed by atoms with Gasteiger partial charge in [0.2, 0.25) is 0 Å². The zero-order valence-electron chi connectivity index (χ0n) is 15.5. The second-order valence-electron chi connectivity index (χ2n) is 6.55. The number of hydrogen-bond donors (Lipinski definition) is 1. The zero-order valence-corrected chi connectivity index (χ0v) is 15.5. The second kappa shape index (κ2) is 8.00.